The van der Waals surface area contributed by atoms with Gasteiger partial charge >= 0.3 is 0 Å². The fourth-order valence-electron chi connectivity index (χ4n) is 3.48. The predicted octanol–water partition coefficient (Wildman–Crippen LogP) is 3.38. The summed E-state index contributed by atoms with van der Waals surface area (Å²) in [6, 6.07) is 6.05. The maximum absolute atomic E-state index is 11.8. The number of aromatic nitrogens is 1. The highest BCUT2D eigenvalue weighted by atomic mass is 16.7. The molecule has 0 radical (unpaired) electrons. The minimum Gasteiger partial charge on any atom is -0.454 e. The van der Waals surface area contributed by atoms with E-state index in [1.54, 1.807) is 0 Å². The van der Waals surface area contributed by atoms with Crippen molar-refractivity contribution in [3.8, 4) is 22.6 Å². The molecule has 2 heterocycles. The minimum atomic E-state index is 0.0580. The van der Waals surface area contributed by atoms with Gasteiger partial charge in [0.05, 0.1) is 6.04 Å². The third-order valence-electron chi connectivity index (χ3n) is 4.73. The molecule has 1 aliphatic heterocycles. The lowest BCUT2D eigenvalue weighted by Gasteiger charge is -2.27. The Labute approximate surface area is 141 Å². The first-order valence-electron chi connectivity index (χ1n) is 8.42. The number of benzene rings is 1. The molecule has 124 valence electrons. The number of hydrogen-bond donors (Lipinski definition) is 1. The van der Waals surface area contributed by atoms with Gasteiger partial charge in [0.1, 0.15) is 0 Å². The second-order valence-electron chi connectivity index (χ2n) is 6.19. The maximum atomic E-state index is 11.8. The Morgan fingerprint density at radius 1 is 1.29 bits per heavy atom. The first kappa shape index (κ1) is 15.0. The lowest BCUT2D eigenvalue weighted by Crippen LogP contribution is -2.30. The normalized spacial score (nSPS) is 18.1. The van der Waals surface area contributed by atoms with Crippen LogP contribution in [-0.2, 0) is 11.2 Å². The summed E-state index contributed by atoms with van der Waals surface area (Å²) in [5, 5.41) is 3.12. The molecule has 0 bridgehead atoms. The summed E-state index contributed by atoms with van der Waals surface area (Å²) in [5.74, 6) is 1.64. The second-order valence-corrected chi connectivity index (χ2v) is 6.19. The first-order valence-corrected chi connectivity index (χ1v) is 8.42. The third-order valence-corrected chi connectivity index (χ3v) is 4.73. The van der Waals surface area contributed by atoms with E-state index in [1.165, 1.54) is 5.56 Å². The lowest BCUT2D eigenvalue weighted by atomic mass is 9.84. The first-order chi connectivity index (χ1) is 11.8. The van der Waals surface area contributed by atoms with E-state index in [0.717, 1.165) is 47.5 Å². The number of carbonyl (C=O) groups excluding carboxylic acids is 1. The Bertz CT molecular complexity index is 788. The molecule has 0 saturated carbocycles. The van der Waals surface area contributed by atoms with Crippen molar-refractivity contribution < 1.29 is 14.3 Å². The Kier molecular flexibility index (Phi) is 3.84. The number of ether oxygens (including phenoxy) is 2. The maximum Gasteiger partial charge on any atom is 0.231 e. The molecule has 24 heavy (non-hydrogen) atoms. The van der Waals surface area contributed by atoms with Crippen molar-refractivity contribution in [2.75, 3.05) is 6.79 Å². The quantitative estimate of drug-likeness (QED) is 0.940. The van der Waals surface area contributed by atoms with Gasteiger partial charge in [-0.15, -0.1) is 0 Å². The predicted molar refractivity (Wildman–Crippen MR) is 89.9 cm³/mol. The van der Waals surface area contributed by atoms with Gasteiger partial charge in [-0.25, -0.2) is 0 Å². The molecule has 0 saturated heterocycles. The van der Waals surface area contributed by atoms with Crippen molar-refractivity contribution in [3.05, 3.63) is 41.7 Å². The van der Waals surface area contributed by atoms with E-state index in [0.29, 0.717) is 6.42 Å². The summed E-state index contributed by atoms with van der Waals surface area (Å²) in [6.07, 6.45) is 7.32. The zero-order valence-corrected chi connectivity index (χ0v) is 13.7. The number of nitrogens with one attached hydrogen (secondary N) is 1. The van der Waals surface area contributed by atoms with Crippen molar-refractivity contribution in [3.63, 3.8) is 0 Å². The monoisotopic (exact) mass is 324 g/mol. The SMILES string of the molecule is CCC(=O)N[C@@H]1CCCc2c(-c3ccc4c(c3)OCO4)cncc21. The summed E-state index contributed by atoms with van der Waals surface area (Å²) in [7, 11) is 0. The second kappa shape index (κ2) is 6.15. The van der Waals surface area contributed by atoms with Crippen molar-refractivity contribution in [1.29, 1.82) is 0 Å². The number of hydrogen-bond acceptors (Lipinski definition) is 4. The number of fused-ring (bicyclic) bond motifs is 2. The highest BCUT2D eigenvalue weighted by Gasteiger charge is 2.25. The van der Waals surface area contributed by atoms with E-state index in [2.05, 4.69) is 10.3 Å². The van der Waals surface area contributed by atoms with Gasteiger partial charge in [0.25, 0.3) is 0 Å². The van der Waals surface area contributed by atoms with Gasteiger partial charge in [0.2, 0.25) is 12.7 Å². The van der Waals surface area contributed by atoms with Crippen LogP contribution in [0.4, 0.5) is 0 Å². The van der Waals surface area contributed by atoms with Crippen LogP contribution in [0, 0.1) is 0 Å². The molecule has 5 nitrogen and oxygen atoms in total. The molecule has 5 heteroatoms. The van der Waals surface area contributed by atoms with Crippen molar-refractivity contribution in [2.45, 2.75) is 38.6 Å². The number of pyridine rings is 1. The lowest BCUT2D eigenvalue weighted by molar-refractivity contribution is -0.121. The summed E-state index contributed by atoms with van der Waals surface area (Å²) in [5.41, 5.74) is 4.60. The topological polar surface area (TPSA) is 60.5 Å². The van der Waals surface area contributed by atoms with E-state index in [9.17, 15) is 4.79 Å². The van der Waals surface area contributed by atoms with E-state index in [4.69, 9.17) is 9.47 Å². The highest BCUT2D eigenvalue weighted by molar-refractivity contribution is 5.77. The number of rotatable bonds is 3. The third kappa shape index (κ3) is 2.60. The molecule has 1 N–H and O–H groups in total. The van der Waals surface area contributed by atoms with Crippen LogP contribution < -0.4 is 14.8 Å². The molecule has 1 amide bonds. The molecular formula is C19H20N2O3. The van der Waals surface area contributed by atoms with Gasteiger partial charge in [-0.3, -0.25) is 9.78 Å². The molecule has 4 rings (SSSR count). The van der Waals surface area contributed by atoms with Crippen LogP contribution >= 0.6 is 0 Å². The molecule has 0 fully saturated rings. The van der Waals surface area contributed by atoms with Crippen LogP contribution in [0.2, 0.25) is 0 Å². The van der Waals surface area contributed by atoms with Crippen LogP contribution in [0.5, 0.6) is 11.5 Å². The smallest absolute Gasteiger partial charge is 0.231 e. The molecule has 1 aliphatic carbocycles. The van der Waals surface area contributed by atoms with Gasteiger partial charge in [0.15, 0.2) is 11.5 Å². The van der Waals surface area contributed by atoms with Gasteiger partial charge in [0, 0.05) is 24.4 Å². The largest absolute Gasteiger partial charge is 0.454 e. The molecule has 1 aromatic heterocycles. The van der Waals surface area contributed by atoms with Crippen molar-refractivity contribution in [1.82, 2.24) is 10.3 Å². The summed E-state index contributed by atoms with van der Waals surface area (Å²) in [6.45, 7) is 2.15. The summed E-state index contributed by atoms with van der Waals surface area (Å²) >= 11 is 0. The number of nitrogens with zero attached hydrogens (tertiary/aromatic N) is 1. The Morgan fingerprint density at radius 3 is 3.04 bits per heavy atom. The molecular weight excluding hydrogens is 304 g/mol. The summed E-state index contributed by atoms with van der Waals surface area (Å²) < 4.78 is 10.9. The molecule has 2 aromatic rings. The van der Waals surface area contributed by atoms with Gasteiger partial charge in [-0.2, -0.15) is 0 Å². The van der Waals surface area contributed by atoms with Crippen molar-refractivity contribution in [2.24, 2.45) is 0 Å². The molecule has 1 atom stereocenters. The number of carbonyl (C=O) groups is 1. The number of amides is 1. The Balaban J connectivity index is 1.73. The summed E-state index contributed by atoms with van der Waals surface area (Å²) in [4.78, 5) is 16.2. The molecule has 0 spiro atoms. The molecule has 1 aromatic carbocycles. The molecule has 2 aliphatic rings. The molecule has 0 unspecified atom stereocenters. The van der Waals surface area contributed by atoms with Gasteiger partial charge in [-0.1, -0.05) is 13.0 Å². The van der Waals surface area contributed by atoms with Crippen LogP contribution in [0.25, 0.3) is 11.1 Å². The standard InChI is InChI=1S/C19H20N2O3/c1-2-19(22)21-16-5-3-4-13-14(9-20-10-15(13)16)12-6-7-17-18(8-12)24-11-23-17/h6-10,16H,2-5,11H2,1H3,(H,21,22)/t16-/m1/s1. The van der Waals surface area contributed by atoms with Crippen LogP contribution in [-0.4, -0.2) is 17.7 Å². The van der Waals surface area contributed by atoms with Crippen LogP contribution in [0.3, 0.4) is 0 Å². The Morgan fingerprint density at radius 2 is 2.17 bits per heavy atom. The average molecular weight is 324 g/mol. The van der Waals surface area contributed by atoms with Crippen molar-refractivity contribution >= 4 is 5.91 Å². The van der Waals surface area contributed by atoms with E-state index < -0.39 is 0 Å². The van der Waals surface area contributed by atoms with E-state index in [-0.39, 0.29) is 18.7 Å². The fraction of sp³-hybridized carbons (Fsp3) is 0.368. The van der Waals surface area contributed by atoms with Crippen LogP contribution in [0.15, 0.2) is 30.6 Å². The van der Waals surface area contributed by atoms with Crippen LogP contribution in [0.1, 0.15) is 43.4 Å². The Hall–Kier alpha value is -2.56. The zero-order chi connectivity index (χ0) is 16.5. The van der Waals surface area contributed by atoms with Gasteiger partial charge in [-0.05, 0) is 48.1 Å². The highest BCUT2D eigenvalue weighted by Crippen LogP contribution is 2.40. The van der Waals surface area contributed by atoms with Gasteiger partial charge < -0.3 is 14.8 Å². The fourth-order valence-corrected chi connectivity index (χ4v) is 3.48. The van der Waals surface area contributed by atoms with E-state index >= 15 is 0 Å². The van der Waals surface area contributed by atoms with E-state index in [1.807, 2.05) is 37.5 Å². The average Bonchev–Trinajstić information content (AvgIpc) is 3.09. The minimum absolute atomic E-state index is 0.0580. The zero-order valence-electron chi connectivity index (χ0n) is 13.7.